The lowest BCUT2D eigenvalue weighted by atomic mass is 10.1. The molecule has 0 aliphatic carbocycles. The SMILES string of the molecule is CC(C)CC(C)OCCCS(N)(=O)=O. The van der Waals surface area contributed by atoms with Crippen LogP contribution in [0.3, 0.4) is 0 Å². The lowest BCUT2D eigenvalue weighted by molar-refractivity contribution is 0.0528. The van der Waals surface area contributed by atoms with Crippen molar-refractivity contribution in [1.82, 2.24) is 0 Å². The zero-order valence-electron chi connectivity index (χ0n) is 9.19. The highest BCUT2D eigenvalue weighted by molar-refractivity contribution is 7.89. The van der Waals surface area contributed by atoms with Crippen LogP contribution in [0.4, 0.5) is 0 Å². The second-order valence-corrected chi connectivity index (χ2v) is 5.77. The van der Waals surface area contributed by atoms with E-state index in [4.69, 9.17) is 9.88 Å². The van der Waals surface area contributed by atoms with Crippen LogP contribution in [0, 0.1) is 5.92 Å². The first kappa shape index (κ1) is 13.9. The molecule has 0 rings (SSSR count). The average Bonchev–Trinajstić information content (AvgIpc) is 1.95. The number of rotatable bonds is 7. The Morgan fingerprint density at radius 1 is 1.29 bits per heavy atom. The minimum absolute atomic E-state index is 0.00139. The smallest absolute Gasteiger partial charge is 0.209 e. The maximum atomic E-state index is 10.6. The van der Waals surface area contributed by atoms with E-state index >= 15 is 0 Å². The van der Waals surface area contributed by atoms with Gasteiger partial charge in [-0.1, -0.05) is 13.8 Å². The number of nitrogens with two attached hydrogens (primary N) is 1. The summed E-state index contributed by atoms with van der Waals surface area (Å²) in [5.41, 5.74) is 0. The number of primary sulfonamides is 1. The van der Waals surface area contributed by atoms with Crippen LogP contribution >= 0.6 is 0 Å². The lowest BCUT2D eigenvalue weighted by Crippen LogP contribution is -2.19. The molecule has 0 radical (unpaired) electrons. The molecule has 2 N–H and O–H groups in total. The van der Waals surface area contributed by atoms with Crippen molar-refractivity contribution in [2.24, 2.45) is 11.1 Å². The van der Waals surface area contributed by atoms with E-state index < -0.39 is 10.0 Å². The maximum absolute atomic E-state index is 10.6. The van der Waals surface area contributed by atoms with Crippen LogP contribution in [-0.4, -0.2) is 26.9 Å². The van der Waals surface area contributed by atoms with Gasteiger partial charge in [-0.2, -0.15) is 0 Å². The Balaban J connectivity index is 3.45. The molecule has 0 aliphatic heterocycles. The second kappa shape index (κ2) is 6.37. The van der Waals surface area contributed by atoms with Gasteiger partial charge < -0.3 is 4.74 Å². The zero-order valence-corrected chi connectivity index (χ0v) is 10.0. The zero-order chi connectivity index (χ0) is 11.2. The molecule has 0 aromatic carbocycles. The molecule has 0 saturated carbocycles. The van der Waals surface area contributed by atoms with E-state index in [2.05, 4.69) is 13.8 Å². The van der Waals surface area contributed by atoms with Gasteiger partial charge in [-0.25, -0.2) is 13.6 Å². The molecule has 14 heavy (non-hydrogen) atoms. The van der Waals surface area contributed by atoms with E-state index in [1.807, 2.05) is 6.92 Å². The molecular weight excluding hydrogens is 202 g/mol. The highest BCUT2D eigenvalue weighted by Gasteiger charge is 2.06. The Morgan fingerprint density at radius 2 is 1.86 bits per heavy atom. The Bertz CT molecular complexity index is 236. The normalized spacial score (nSPS) is 14.6. The minimum Gasteiger partial charge on any atom is -0.378 e. The van der Waals surface area contributed by atoms with Crippen LogP contribution in [0.25, 0.3) is 0 Å². The molecular formula is C9H21NO3S. The highest BCUT2D eigenvalue weighted by atomic mass is 32.2. The molecule has 0 amide bonds. The van der Waals surface area contributed by atoms with Gasteiger partial charge in [-0.05, 0) is 25.7 Å². The first-order chi connectivity index (χ1) is 6.31. The molecule has 5 heteroatoms. The predicted octanol–water partition coefficient (Wildman–Crippen LogP) is 1.12. The molecule has 0 aromatic rings. The van der Waals surface area contributed by atoms with E-state index in [-0.39, 0.29) is 11.9 Å². The fourth-order valence-corrected chi connectivity index (χ4v) is 1.80. The van der Waals surface area contributed by atoms with Crippen LogP contribution in [0.5, 0.6) is 0 Å². The number of hydrogen-bond acceptors (Lipinski definition) is 3. The van der Waals surface area contributed by atoms with Crippen LogP contribution in [0.2, 0.25) is 0 Å². The fourth-order valence-electron chi connectivity index (χ4n) is 1.28. The van der Waals surface area contributed by atoms with Crippen LogP contribution < -0.4 is 5.14 Å². The van der Waals surface area contributed by atoms with E-state index in [0.29, 0.717) is 18.9 Å². The summed E-state index contributed by atoms with van der Waals surface area (Å²) < 4.78 is 26.6. The van der Waals surface area contributed by atoms with Gasteiger partial charge in [0.2, 0.25) is 10.0 Å². The molecule has 4 nitrogen and oxygen atoms in total. The molecule has 0 saturated heterocycles. The molecule has 86 valence electrons. The standard InChI is InChI=1S/C9H21NO3S/c1-8(2)7-9(3)13-5-4-6-14(10,11)12/h8-9H,4-7H2,1-3H3,(H2,10,11,12). The minimum atomic E-state index is -3.33. The predicted molar refractivity (Wildman–Crippen MR) is 57.5 cm³/mol. The topological polar surface area (TPSA) is 69.4 Å². The summed E-state index contributed by atoms with van der Waals surface area (Å²) in [6.45, 7) is 6.72. The molecule has 0 aromatic heterocycles. The van der Waals surface area contributed by atoms with Crippen molar-refractivity contribution < 1.29 is 13.2 Å². The summed E-state index contributed by atoms with van der Waals surface area (Å²) in [7, 11) is -3.33. The molecule has 1 atom stereocenters. The Labute approximate surface area is 86.9 Å². The number of hydrogen-bond donors (Lipinski definition) is 1. The second-order valence-electron chi connectivity index (χ2n) is 4.03. The molecule has 0 heterocycles. The van der Waals surface area contributed by atoms with Gasteiger partial charge in [-0.3, -0.25) is 0 Å². The van der Waals surface area contributed by atoms with Gasteiger partial charge in [0.1, 0.15) is 0 Å². The van der Waals surface area contributed by atoms with Gasteiger partial charge >= 0.3 is 0 Å². The van der Waals surface area contributed by atoms with E-state index in [1.165, 1.54) is 0 Å². The van der Waals surface area contributed by atoms with Gasteiger partial charge in [0.25, 0.3) is 0 Å². The van der Waals surface area contributed by atoms with Crippen LogP contribution in [0.15, 0.2) is 0 Å². The Kier molecular flexibility index (Phi) is 6.31. The Hall–Kier alpha value is -0.130. The summed E-state index contributed by atoms with van der Waals surface area (Å²) in [5.74, 6) is 0.602. The third-order valence-electron chi connectivity index (χ3n) is 1.78. The van der Waals surface area contributed by atoms with Crippen LogP contribution in [0.1, 0.15) is 33.6 Å². The van der Waals surface area contributed by atoms with Crippen molar-refractivity contribution in [1.29, 1.82) is 0 Å². The summed E-state index contributed by atoms with van der Waals surface area (Å²) in [5, 5.41) is 4.85. The Morgan fingerprint density at radius 3 is 2.29 bits per heavy atom. The van der Waals surface area contributed by atoms with Gasteiger partial charge in [0.05, 0.1) is 11.9 Å². The van der Waals surface area contributed by atoms with Crippen molar-refractivity contribution in [2.45, 2.75) is 39.7 Å². The van der Waals surface area contributed by atoms with Crippen molar-refractivity contribution in [3.8, 4) is 0 Å². The van der Waals surface area contributed by atoms with E-state index in [1.54, 1.807) is 0 Å². The van der Waals surface area contributed by atoms with Gasteiger partial charge in [0.15, 0.2) is 0 Å². The van der Waals surface area contributed by atoms with Crippen molar-refractivity contribution in [2.75, 3.05) is 12.4 Å². The third kappa shape index (κ3) is 9.95. The van der Waals surface area contributed by atoms with Gasteiger partial charge in [0, 0.05) is 6.61 Å². The maximum Gasteiger partial charge on any atom is 0.209 e. The molecule has 0 fully saturated rings. The largest absolute Gasteiger partial charge is 0.378 e. The van der Waals surface area contributed by atoms with Crippen LogP contribution in [-0.2, 0) is 14.8 Å². The highest BCUT2D eigenvalue weighted by Crippen LogP contribution is 2.07. The van der Waals surface area contributed by atoms with E-state index in [9.17, 15) is 8.42 Å². The summed E-state index contributed by atoms with van der Waals surface area (Å²) in [6.07, 6.45) is 1.66. The quantitative estimate of drug-likeness (QED) is 0.657. The summed E-state index contributed by atoms with van der Waals surface area (Å²) >= 11 is 0. The lowest BCUT2D eigenvalue weighted by Gasteiger charge is -2.14. The molecule has 1 unspecified atom stereocenters. The van der Waals surface area contributed by atoms with E-state index in [0.717, 1.165) is 6.42 Å². The van der Waals surface area contributed by atoms with Crippen molar-refractivity contribution >= 4 is 10.0 Å². The third-order valence-corrected chi connectivity index (χ3v) is 2.64. The fraction of sp³-hybridized carbons (Fsp3) is 1.00. The molecule has 0 aliphatic rings. The monoisotopic (exact) mass is 223 g/mol. The van der Waals surface area contributed by atoms with Crippen molar-refractivity contribution in [3.05, 3.63) is 0 Å². The average molecular weight is 223 g/mol. The van der Waals surface area contributed by atoms with Gasteiger partial charge in [-0.15, -0.1) is 0 Å². The number of ether oxygens (including phenoxy) is 1. The first-order valence-electron chi connectivity index (χ1n) is 4.93. The first-order valence-corrected chi connectivity index (χ1v) is 6.65. The molecule has 0 bridgehead atoms. The summed E-state index contributed by atoms with van der Waals surface area (Å²) in [4.78, 5) is 0. The summed E-state index contributed by atoms with van der Waals surface area (Å²) in [6, 6.07) is 0. The van der Waals surface area contributed by atoms with Crippen molar-refractivity contribution in [3.63, 3.8) is 0 Å². The molecule has 0 spiro atoms. The number of sulfonamides is 1.